The molecular formula is C27H27F3N4OS. The van der Waals surface area contributed by atoms with Gasteiger partial charge < -0.3 is 9.80 Å². The lowest BCUT2D eigenvalue weighted by molar-refractivity contribution is -0.137. The molecule has 0 aliphatic carbocycles. The first-order valence-corrected chi connectivity index (χ1v) is 12.7. The molecule has 3 aromatic rings. The van der Waals surface area contributed by atoms with Gasteiger partial charge in [-0.1, -0.05) is 32.0 Å². The number of halogens is 3. The molecule has 0 radical (unpaired) electrons. The van der Waals surface area contributed by atoms with Gasteiger partial charge in [-0.25, -0.2) is 4.98 Å². The third-order valence-corrected chi connectivity index (χ3v) is 7.25. The number of alkyl halides is 3. The average Bonchev–Trinajstić information content (AvgIpc) is 3.35. The van der Waals surface area contributed by atoms with Gasteiger partial charge in [0.05, 0.1) is 23.2 Å². The van der Waals surface area contributed by atoms with Crippen LogP contribution in [0.4, 0.5) is 19.0 Å². The highest BCUT2D eigenvalue weighted by Gasteiger charge is 2.31. The van der Waals surface area contributed by atoms with Crippen LogP contribution in [0.3, 0.4) is 0 Å². The number of nitriles is 1. The summed E-state index contributed by atoms with van der Waals surface area (Å²) in [6.45, 7) is 7.53. The lowest BCUT2D eigenvalue weighted by Crippen LogP contribution is -2.54. The van der Waals surface area contributed by atoms with Gasteiger partial charge in [0.2, 0.25) is 5.91 Å². The Morgan fingerprint density at radius 2 is 1.94 bits per heavy atom. The van der Waals surface area contributed by atoms with Gasteiger partial charge in [0, 0.05) is 36.1 Å². The Kier molecular flexibility index (Phi) is 7.36. The van der Waals surface area contributed by atoms with Crippen LogP contribution in [0.5, 0.6) is 0 Å². The lowest BCUT2D eigenvalue weighted by Gasteiger charge is -2.41. The van der Waals surface area contributed by atoms with E-state index in [0.717, 1.165) is 17.0 Å². The van der Waals surface area contributed by atoms with Crippen molar-refractivity contribution in [2.24, 2.45) is 0 Å². The number of carbonyl (C=O) groups is 1. The molecule has 9 heteroatoms. The van der Waals surface area contributed by atoms with Crippen LogP contribution in [0.25, 0.3) is 11.1 Å². The SMILES string of the molecule is CC(C)c1nc(N2CCN(C(=O)Cc3cccs3)[C@H](C)C2)c(C#N)cc1-c1ccc(C(F)(F)F)cc1. The van der Waals surface area contributed by atoms with Gasteiger partial charge in [0.15, 0.2) is 0 Å². The van der Waals surface area contributed by atoms with E-state index in [1.54, 1.807) is 17.4 Å². The summed E-state index contributed by atoms with van der Waals surface area (Å²) < 4.78 is 39.1. The number of hydrogen-bond donors (Lipinski definition) is 0. The summed E-state index contributed by atoms with van der Waals surface area (Å²) in [5, 5.41) is 11.9. The van der Waals surface area contributed by atoms with E-state index in [-0.39, 0.29) is 17.9 Å². The smallest absolute Gasteiger partial charge is 0.352 e. The number of anilines is 1. The average molecular weight is 513 g/mol. The van der Waals surface area contributed by atoms with Crippen LogP contribution in [0, 0.1) is 11.3 Å². The molecule has 1 aromatic carbocycles. The molecule has 1 saturated heterocycles. The first-order chi connectivity index (χ1) is 17.1. The number of nitrogens with zero attached hydrogens (tertiary/aromatic N) is 4. The minimum absolute atomic E-state index is 0.0140. The Balaban J connectivity index is 1.60. The molecule has 2 aromatic heterocycles. The summed E-state index contributed by atoms with van der Waals surface area (Å²) in [5.74, 6) is 0.618. The van der Waals surface area contributed by atoms with Gasteiger partial charge in [-0.05, 0) is 48.1 Å². The van der Waals surface area contributed by atoms with E-state index in [9.17, 15) is 23.2 Å². The van der Waals surface area contributed by atoms with Gasteiger partial charge in [-0.3, -0.25) is 4.79 Å². The normalized spacial score (nSPS) is 16.3. The van der Waals surface area contributed by atoms with Crippen molar-refractivity contribution in [3.63, 3.8) is 0 Å². The summed E-state index contributed by atoms with van der Waals surface area (Å²) in [7, 11) is 0. The highest BCUT2D eigenvalue weighted by molar-refractivity contribution is 7.10. The van der Waals surface area contributed by atoms with Crippen molar-refractivity contribution in [2.75, 3.05) is 24.5 Å². The zero-order valence-electron chi connectivity index (χ0n) is 20.3. The molecule has 1 aliphatic heterocycles. The topological polar surface area (TPSA) is 60.2 Å². The number of benzene rings is 1. The van der Waals surface area contributed by atoms with Crippen molar-refractivity contribution in [1.82, 2.24) is 9.88 Å². The number of pyridine rings is 1. The molecule has 1 aliphatic rings. The molecule has 1 amide bonds. The number of thiophene rings is 1. The second kappa shape index (κ2) is 10.3. The van der Waals surface area contributed by atoms with Crippen molar-refractivity contribution in [1.29, 1.82) is 5.26 Å². The molecule has 1 atom stereocenters. The summed E-state index contributed by atoms with van der Waals surface area (Å²) in [5.41, 5.74) is 1.59. The van der Waals surface area contributed by atoms with Crippen molar-refractivity contribution < 1.29 is 18.0 Å². The summed E-state index contributed by atoms with van der Waals surface area (Å²) in [6.07, 6.45) is -4.04. The van der Waals surface area contributed by atoms with E-state index < -0.39 is 11.7 Å². The fourth-order valence-electron chi connectivity index (χ4n) is 4.54. The summed E-state index contributed by atoms with van der Waals surface area (Å²) in [6, 6.07) is 12.7. The van der Waals surface area contributed by atoms with Crippen LogP contribution in [-0.2, 0) is 17.4 Å². The predicted molar refractivity (Wildman–Crippen MR) is 135 cm³/mol. The molecule has 0 spiro atoms. The van der Waals surface area contributed by atoms with Crippen molar-refractivity contribution in [3.8, 4) is 17.2 Å². The van der Waals surface area contributed by atoms with Gasteiger partial charge in [-0.15, -0.1) is 11.3 Å². The molecule has 4 rings (SSSR count). The number of piperazine rings is 1. The van der Waals surface area contributed by atoms with Gasteiger partial charge in [0.1, 0.15) is 11.9 Å². The Bertz CT molecular complexity index is 1260. The molecule has 0 bridgehead atoms. The maximum Gasteiger partial charge on any atom is 0.416 e. The molecule has 3 heterocycles. The second-order valence-electron chi connectivity index (χ2n) is 9.27. The molecule has 0 unspecified atom stereocenters. The Labute approximate surface area is 212 Å². The lowest BCUT2D eigenvalue weighted by atomic mass is 9.95. The molecule has 0 N–H and O–H groups in total. The zero-order chi connectivity index (χ0) is 26.0. The quantitative estimate of drug-likeness (QED) is 0.414. The Morgan fingerprint density at radius 1 is 1.22 bits per heavy atom. The van der Waals surface area contributed by atoms with Crippen LogP contribution in [0.1, 0.15) is 48.4 Å². The second-order valence-corrected chi connectivity index (χ2v) is 10.3. The number of amides is 1. The third kappa shape index (κ3) is 5.39. The predicted octanol–water partition coefficient (Wildman–Crippen LogP) is 6.10. The zero-order valence-corrected chi connectivity index (χ0v) is 21.2. The molecule has 36 heavy (non-hydrogen) atoms. The molecular weight excluding hydrogens is 485 g/mol. The highest BCUT2D eigenvalue weighted by atomic mass is 32.1. The summed E-state index contributed by atoms with van der Waals surface area (Å²) >= 11 is 1.56. The van der Waals surface area contributed by atoms with E-state index in [2.05, 4.69) is 6.07 Å². The number of aromatic nitrogens is 1. The number of rotatable bonds is 5. The van der Waals surface area contributed by atoms with Crippen LogP contribution < -0.4 is 4.90 Å². The first-order valence-electron chi connectivity index (χ1n) is 11.8. The van der Waals surface area contributed by atoms with E-state index in [0.29, 0.717) is 54.3 Å². The van der Waals surface area contributed by atoms with Gasteiger partial charge in [0.25, 0.3) is 0 Å². The monoisotopic (exact) mass is 512 g/mol. The fraction of sp³-hybridized carbons (Fsp3) is 0.370. The van der Waals surface area contributed by atoms with Crippen LogP contribution in [0.15, 0.2) is 47.8 Å². The van der Waals surface area contributed by atoms with Crippen molar-refractivity contribution >= 4 is 23.1 Å². The molecule has 0 saturated carbocycles. The van der Waals surface area contributed by atoms with E-state index >= 15 is 0 Å². The first kappa shape index (κ1) is 25.7. The molecule has 1 fully saturated rings. The largest absolute Gasteiger partial charge is 0.416 e. The number of carbonyl (C=O) groups excluding carboxylic acids is 1. The minimum Gasteiger partial charge on any atom is -0.352 e. The van der Waals surface area contributed by atoms with E-state index in [4.69, 9.17) is 4.98 Å². The Hall–Kier alpha value is -3.38. The third-order valence-electron chi connectivity index (χ3n) is 6.38. The van der Waals surface area contributed by atoms with Crippen molar-refractivity contribution in [2.45, 2.75) is 45.3 Å². The standard InChI is InChI=1S/C27H27F3N4OS/c1-17(2)25-23(19-6-8-21(9-7-19)27(28,29)30)13-20(15-31)26(32-25)33-10-11-34(18(3)16-33)24(35)14-22-5-4-12-36-22/h4-9,12-13,17-18H,10-11,14,16H2,1-3H3/t18-/m1/s1. The Morgan fingerprint density at radius 3 is 2.50 bits per heavy atom. The van der Waals surface area contributed by atoms with Gasteiger partial charge in [-0.2, -0.15) is 18.4 Å². The highest BCUT2D eigenvalue weighted by Crippen LogP contribution is 2.35. The maximum absolute atomic E-state index is 13.0. The maximum atomic E-state index is 13.0. The number of hydrogen-bond acceptors (Lipinski definition) is 5. The van der Waals surface area contributed by atoms with Gasteiger partial charge >= 0.3 is 6.18 Å². The van der Waals surface area contributed by atoms with Crippen molar-refractivity contribution in [3.05, 3.63) is 69.5 Å². The minimum atomic E-state index is -4.41. The van der Waals surface area contributed by atoms with Crippen LogP contribution in [0.2, 0.25) is 0 Å². The molecule has 5 nitrogen and oxygen atoms in total. The van der Waals surface area contributed by atoms with Crippen LogP contribution >= 0.6 is 11.3 Å². The molecule has 188 valence electrons. The van der Waals surface area contributed by atoms with E-state index in [1.807, 2.05) is 48.1 Å². The van der Waals surface area contributed by atoms with E-state index in [1.165, 1.54) is 12.1 Å². The fourth-order valence-corrected chi connectivity index (χ4v) is 5.23. The summed E-state index contributed by atoms with van der Waals surface area (Å²) in [4.78, 5) is 22.6. The van der Waals surface area contributed by atoms with Crippen LogP contribution in [-0.4, -0.2) is 41.5 Å².